The number of nitrogens with zero attached hydrogens (tertiary/aromatic N) is 4. The first-order valence-electron chi connectivity index (χ1n) is 5.61. The molecule has 0 unspecified atom stereocenters. The van der Waals surface area contributed by atoms with E-state index in [1.54, 1.807) is 24.1 Å². The molecular formula is C11H14N6O2. The number of carbonyl (C=O) groups is 1. The number of nitrogens with one attached hydrogen (secondary N) is 1. The molecule has 19 heavy (non-hydrogen) atoms. The average molecular weight is 262 g/mol. The van der Waals surface area contributed by atoms with E-state index in [1.165, 1.54) is 6.07 Å². The molecule has 0 aliphatic heterocycles. The van der Waals surface area contributed by atoms with Crippen molar-refractivity contribution >= 4 is 17.4 Å². The van der Waals surface area contributed by atoms with Gasteiger partial charge in [-0.15, -0.1) is 10.2 Å². The highest BCUT2D eigenvalue weighted by Gasteiger charge is 2.04. The first-order valence-corrected chi connectivity index (χ1v) is 5.61. The third kappa shape index (κ3) is 3.49. The zero-order chi connectivity index (χ0) is 13.7. The summed E-state index contributed by atoms with van der Waals surface area (Å²) in [6.07, 6.45) is 3.49. The summed E-state index contributed by atoms with van der Waals surface area (Å²) in [6.45, 7) is 1.26. The first kappa shape index (κ1) is 13.0. The summed E-state index contributed by atoms with van der Waals surface area (Å²) < 4.78 is 6.71. The summed E-state index contributed by atoms with van der Waals surface area (Å²) in [5.74, 6) is -0.0947. The largest absolute Gasteiger partial charge is 0.383 e. The first-order chi connectivity index (χ1) is 9.19. The monoisotopic (exact) mass is 262 g/mol. The molecule has 2 aromatic rings. The summed E-state index contributed by atoms with van der Waals surface area (Å²) in [7, 11) is 1.64. The Bertz CT molecular complexity index is 551. The highest BCUT2D eigenvalue weighted by atomic mass is 16.5. The number of carbonyl (C=O) groups excluding carboxylic acids is 1. The molecule has 0 bridgehead atoms. The predicted molar refractivity (Wildman–Crippen MR) is 67.9 cm³/mol. The van der Waals surface area contributed by atoms with E-state index in [9.17, 15) is 4.79 Å². The second-order valence-corrected chi connectivity index (χ2v) is 3.78. The van der Waals surface area contributed by atoms with Crippen molar-refractivity contribution in [1.82, 2.24) is 20.0 Å². The number of rotatable bonds is 6. The van der Waals surface area contributed by atoms with E-state index in [-0.39, 0.29) is 5.69 Å². The Kier molecular flexibility index (Phi) is 4.04. The number of anilines is 2. The Labute approximate surface area is 109 Å². The lowest BCUT2D eigenvalue weighted by Crippen LogP contribution is -2.13. The smallest absolute Gasteiger partial charge is 0.269 e. The SMILES string of the molecule is COCCn1cc(Nc2ccc(C(N)=O)nn2)cn1. The minimum absolute atomic E-state index is 0.126. The minimum atomic E-state index is -0.605. The maximum absolute atomic E-state index is 10.8. The second kappa shape index (κ2) is 5.91. The molecule has 2 aromatic heterocycles. The molecule has 0 spiro atoms. The maximum atomic E-state index is 10.8. The van der Waals surface area contributed by atoms with Crippen LogP contribution in [-0.4, -0.2) is 39.6 Å². The van der Waals surface area contributed by atoms with Crippen LogP contribution in [0.25, 0.3) is 0 Å². The van der Waals surface area contributed by atoms with Crippen LogP contribution in [0.1, 0.15) is 10.5 Å². The predicted octanol–water partition coefficient (Wildman–Crippen LogP) is 0.162. The van der Waals surface area contributed by atoms with Crippen LogP contribution in [0.4, 0.5) is 11.5 Å². The topological polar surface area (TPSA) is 108 Å². The molecule has 0 saturated heterocycles. The van der Waals surface area contributed by atoms with Crippen LogP contribution in [0.5, 0.6) is 0 Å². The molecule has 0 radical (unpaired) electrons. The highest BCUT2D eigenvalue weighted by Crippen LogP contribution is 2.12. The number of hydrogen-bond acceptors (Lipinski definition) is 6. The Morgan fingerprint density at radius 1 is 1.47 bits per heavy atom. The molecule has 0 atom stereocenters. The highest BCUT2D eigenvalue weighted by molar-refractivity contribution is 5.90. The van der Waals surface area contributed by atoms with E-state index in [4.69, 9.17) is 10.5 Å². The van der Waals surface area contributed by atoms with Crippen molar-refractivity contribution in [3.63, 3.8) is 0 Å². The van der Waals surface area contributed by atoms with Gasteiger partial charge in [0.2, 0.25) is 0 Å². The van der Waals surface area contributed by atoms with Crippen LogP contribution < -0.4 is 11.1 Å². The van der Waals surface area contributed by atoms with Gasteiger partial charge in [0, 0.05) is 13.3 Å². The van der Waals surface area contributed by atoms with Crippen molar-refractivity contribution in [2.75, 3.05) is 19.0 Å². The molecule has 0 aliphatic carbocycles. The van der Waals surface area contributed by atoms with Crippen LogP contribution in [0.2, 0.25) is 0 Å². The van der Waals surface area contributed by atoms with Crippen LogP contribution in [-0.2, 0) is 11.3 Å². The van der Waals surface area contributed by atoms with Crippen molar-refractivity contribution in [3.8, 4) is 0 Å². The number of aromatic nitrogens is 4. The zero-order valence-corrected chi connectivity index (χ0v) is 10.4. The number of amides is 1. The van der Waals surface area contributed by atoms with Gasteiger partial charge < -0.3 is 15.8 Å². The van der Waals surface area contributed by atoms with Gasteiger partial charge in [-0.1, -0.05) is 0 Å². The zero-order valence-electron chi connectivity index (χ0n) is 10.4. The van der Waals surface area contributed by atoms with Crippen molar-refractivity contribution < 1.29 is 9.53 Å². The van der Waals surface area contributed by atoms with Crippen LogP contribution in [0.15, 0.2) is 24.5 Å². The molecule has 8 nitrogen and oxygen atoms in total. The van der Waals surface area contributed by atoms with E-state index in [2.05, 4.69) is 20.6 Å². The standard InChI is InChI=1S/C11H14N6O2/c1-19-5-4-17-7-8(6-13-17)14-10-3-2-9(11(12)18)15-16-10/h2-3,6-7H,4-5H2,1H3,(H2,12,18)(H,14,16). The van der Waals surface area contributed by atoms with Gasteiger partial charge >= 0.3 is 0 Å². The molecule has 0 aromatic carbocycles. The molecule has 1 amide bonds. The molecule has 0 fully saturated rings. The summed E-state index contributed by atoms with van der Waals surface area (Å²) in [5, 5.41) is 14.7. The Balaban J connectivity index is 2.00. The van der Waals surface area contributed by atoms with Gasteiger partial charge in [0.05, 0.1) is 25.0 Å². The fourth-order valence-electron chi connectivity index (χ4n) is 1.41. The summed E-state index contributed by atoms with van der Waals surface area (Å²) in [5.41, 5.74) is 5.98. The van der Waals surface area contributed by atoms with Crippen molar-refractivity contribution in [2.24, 2.45) is 5.73 Å². The van der Waals surface area contributed by atoms with Gasteiger partial charge in [-0.25, -0.2) is 0 Å². The van der Waals surface area contributed by atoms with E-state index in [0.717, 1.165) is 5.69 Å². The third-order valence-electron chi connectivity index (χ3n) is 2.35. The van der Waals surface area contributed by atoms with E-state index < -0.39 is 5.91 Å². The van der Waals surface area contributed by atoms with Gasteiger partial charge in [-0.05, 0) is 12.1 Å². The third-order valence-corrected chi connectivity index (χ3v) is 2.35. The van der Waals surface area contributed by atoms with Gasteiger partial charge in [-0.2, -0.15) is 5.10 Å². The molecule has 0 aliphatic rings. The van der Waals surface area contributed by atoms with Gasteiger partial charge in [0.1, 0.15) is 0 Å². The quantitative estimate of drug-likeness (QED) is 0.767. The lowest BCUT2D eigenvalue weighted by Gasteiger charge is -2.01. The molecule has 3 N–H and O–H groups in total. The van der Waals surface area contributed by atoms with Crippen LogP contribution in [0, 0.1) is 0 Å². The van der Waals surface area contributed by atoms with E-state index >= 15 is 0 Å². The summed E-state index contributed by atoms with van der Waals surface area (Å²) in [6, 6.07) is 3.13. The van der Waals surface area contributed by atoms with Crippen molar-refractivity contribution in [2.45, 2.75) is 6.54 Å². The molecule has 100 valence electrons. The molecule has 8 heteroatoms. The normalized spacial score (nSPS) is 10.4. The Morgan fingerprint density at radius 2 is 2.32 bits per heavy atom. The second-order valence-electron chi connectivity index (χ2n) is 3.78. The van der Waals surface area contributed by atoms with Gasteiger partial charge in [-0.3, -0.25) is 9.48 Å². The Morgan fingerprint density at radius 3 is 2.95 bits per heavy atom. The van der Waals surface area contributed by atoms with E-state index in [1.807, 2.05) is 6.20 Å². The fourth-order valence-corrected chi connectivity index (χ4v) is 1.41. The number of ether oxygens (including phenoxy) is 1. The lowest BCUT2D eigenvalue weighted by atomic mass is 10.3. The fraction of sp³-hybridized carbons (Fsp3) is 0.273. The molecule has 0 saturated carbocycles. The maximum Gasteiger partial charge on any atom is 0.269 e. The van der Waals surface area contributed by atoms with Crippen LogP contribution in [0.3, 0.4) is 0 Å². The molecule has 2 rings (SSSR count). The number of methoxy groups -OCH3 is 1. The Hall–Kier alpha value is -2.48. The summed E-state index contributed by atoms with van der Waals surface area (Å²) >= 11 is 0. The number of primary amides is 1. The van der Waals surface area contributed by atoms with Gasteiger partial charge in [0.15, 0.2) is 11.5 Å². The van der Waals surface area contributed by atoms with E-state index in [0.29, 0.717) is 19.0 Å². The lowest BCUT2D eigenvalue weighted by molar-refractivity contribution is 0.0994. The molecule has 2 heterocycles. The number of nitrogens with two attached hydrogens (primary N) is 1. The van der Waals surface area contributed by atoms with Crippen molar-refractivity contribution in [1.29, 1.82) is 0 Å². The van der Waals surface area contributed by atoms with Gasteiger partial charge in [0.25, 0.3) is 5.91 Å². The number of hydrogen-bond donors (Lipinski definition) is 2. The van der Waals surface area contributed by atoms with Crippen molar-refractivity contribution in [3.05, 3.63) is 30.2 Å². The summed E-state index contributed by atoms with van der Waals surface area (Å²) in [4.78, 5) is 10.8. The minimum Gasteiger partial charge on any atom is -0.383 e. The van der Waals surface area contributed by atoms with Crippen LogP contribution >= 0.6 is 0 Å². The molecular weight excluding hydrogens is 248 g/mol. The average Bonchev–Trinajstić information content (AvgIpc) is 2.84.